The topological polar surface area (TPSA) is 270 Å². The Labute approximate surface area is 511 Å². The first-order valence-electron chi connectivity index (χ1n) is 25.3. The number of aryl methyl sites for hydroxylation is 1. The Morgan fingerprint density at radius 2 is 1.05 bits per heavy atom. The predicted octanol–water partition coefficient (Wildman–Crippen LogP) is 12.4. The van der Waals surface area contributed by atoms with E-state index in [0.29, 0.717) is 74.1 Å². The zero-order chi connectivity index (χ0) is 60.6. The number of aromatic nitrogens is 6. The van der Waals surface area contributed by atoms with Crippen LogP contribution in [-0.2, 0) is 35.8 Å². The van der Waals surface area contributed by atoms with E-state index in [1.165, 1.54) is 71.5 Å². The van der Waals surface area contributed by atoms with Crippen molar-refractivity contribution in [3.05, 3.63) is 170 Å². The van der Waals surface area contributed by atoms with Crippen molar-refractivity contribution in [2.24, 2.45) is 0 Å². The number of halogens is 4. The van der Waals surface area contributed by atoms with Gasteiger partial charge in [-0.15, -0.1) is 11.3 Å². The number of amides is 6. The standard InChI is InChI=1S/C29H26Cl2N8O4.C28H25Cl2N7O4S/c1-4-23(40)35-18-7-5-6-8-19(18)36-28-34-13-17-15-38(26-24(30)20(42-2)12-21(43-3)25(26)31)29(41)39(27(17)37-28)14-16-9-10-33-22(32)11-16;1-5-22(38)33-18-8-6-7-9-19(18)34-27-31-11-16-12-36(25-23(29)20(40-3)10-21(41-4)24(25)30)28(39)37(26(16)35-27)13-17-14-42-15(2)32-17/h4-13H,1,14-15H2,2-3H3,(H2,32,33)(H,35,40)(H,34,36,37);5-11,14H,1,12-13H2,2-4H3,(H,33,38)(H,31,34,35). The molecule has 436 valence electrons. The monoisotopic (exact) mass is 1250 g/mol. The van der Waals surface area contributed by atoms with E-state index in [-0.39, 0.29) is 92.9 Å². The Bertz CT molecular complexity index is 3880. The van der Waals surface area contributed by atoms with Crippen molar-refractivity contribution in [2.75, 3.05) is 75.0 Å². The maximum absolute atomic E-state index is 14.2. The number of fused-ring (bicyclic) bond motifs is 2. The molecule has 0 atom stereocenters. The summed E-state index contributed by atoms with van der Waals surface area (Å²) in [5.74, 6) is 1.86. The van der Waals surface area contributed by atoms with Crippen molar-refractivity contribution >= 4 is 145 Å². The first kappa shape index (κ1) is 60.1. The maximum Gasteiger partial charge on any atom is 0.330 e. The number of anilines is 11. The average molecular weight is 1250 g/mol. The van der Waals surface area contributed by atoms with Crippen LogP contribution in [0.4, 0.5) is 73.1 Å². The van der Waals surface area contributed by atoms with Gasteiger partial charge in [0.15, 0.2) is 0 Å². The van der Waals surface area contributed by atoms with E-state index >= 15 is 0 Å². The van der Waals surface area contributed by atoms with Gasteiger partial charge in [0.25, 0.3) is 0 Å². The molecule has 2 aliphatic rings. The molecule has 10 rings (SSSR count). The van der Waals surface area contributed by atoms with E-state index in [1.807, 2.05) is 12.3 Å². The van der Waals surface area contributed by atoms with E-state index < -0.39 is 12.1 Å². The van der Waals surface area contributed by atoms with Crippen molar-refractivity contribution in [3.8, 4) is 23.0 Å². The number of nitrogens with one attached hydrogen (secondary N) is 4. The minimum Gasteiger partial charge on any atom is -0.495 e. The molecule has 4 aromatic carbocycles. The SMILES string of the molecule is C=CC(=O)Nc1ccccc1Nc1ncc2c(n1)N(Cc1ccnc(N)c1)C(=O)N(c1c(Cl)c(OC)cc(OC)c1Cl)C2.C=CC(=O)Nc1ccccc1Nc1ncc2c(n1)N(Cc1csc(C)n1)C(=O)N(c1c(Cl)c(OC)cc(OC)c1Cl)C2. The van der Waals surface area contributed by atoms with Gasteiger partial charge in [0.1, 0.15) is 60.5 Å². The van der Waals surface area contributed by atoms with Crippen LogP contribution in [-0.4, -0.2) is 82.2 Å². The second-order valence-electron chi connectivity index (χ2n) is 18.2. The quantitative estimate of drug-likeness (QED) is 0.0500. The van der Waals surface area contributed by atoms with Gasteiger partial charge in [0, 0.05) is 47.2 Å². The highest BCUT2D eigenvalue weighted by Gasteiger charge is 2.39. The second-order valence-corrected chi connectivity index (χ2v) is 20.8. The van der Waals surface area contributed by atoms with Crippen molar-refractivity contribution in [1.82, 2.24) is 29.9 Å². The number of carbonyl (C=O) groups excluding carboxylic acids is 4. The van der Waals surface area contributed by atoms with E-state index in [1.54, 1.807) is 91.4 Å². The molecule has 28 heteroatoms. The number of urea groups is 2. The molecule has 85 heavy (non-hydrogen) atoms. The van der Waals surface area contributed by atoms with Crippen molar-refractivity contribution < 1.29 is 38.1 Å². The van der Waals surface area contributed by atoms with E-state index in [4.69, 9.17) is 81.1 Å². The number of para-hydroxylation sites is 4. The van der Waals surface area contributed by atoms with Crippen LogP contribution < -0.4 is 65.5 Å². The molecular weight excluding hydrogens is 1200 g/mol. The van der Waals surface area contributed by atoms with Gasteiger partial charge < -0.3 is 45.9 Å². The Kier molecular flexibility index (Phi) is 18.7. The molecule has 0 bridgehead atoms. The Hall–Kier alpha value is -9.46. The number of pyridine rings is 1. The zero-order valence-electron chi connectivity index (χ0n) is 45.9. The molecule has 6 N–H and O–H groups in total. The van der Waals surface area contributed by atoms with Crippen LogP contribution in [0.5, 0.6) is 23.0 Å². The highest BCUT2D eigenvalue weighted by atomic mass is 35.5. The largest absolute Gasteiger partial charge is 0.495 e. The molecule has 0 fully saturated rings. The van der Waals surface area contributed by atoms with Gasteiger partial charge in [-0.1, -0.05) is 83.8 Å². The van der Waals surface area contributed by atoms with Gasteiger partial charge in [-0.05, 0) is 61.0 Å². The third-order valence-corrected chi connectivity index (χ3v) is 15.1. The van der Waals surface area contributed by atoms with Crippen molar-refractivity contribution in [1.29, 1.82) is 0 Å². The first-order valence-corrected chi connectivity index (χ1v) is 27.7. The summed E-state index contributed by atoms with van der Waals surface area (Å²) in [4.78, 5) is 85.1. The van der Waals surface area contributed by atoms with Crippen LogP contribution in [0.2, 0.25) is 20.1 Å². The van der Waals surface area contributed by atoms with Crippen LogP contribution in [0.25, 0.3) is 0 Å². The number of hydrogen-bond donors (Lipinski definition) is 5. The number of nitrogens with two attached hydrogens (primary N) is 1. The molecular formula is C57H51Cl4N15O8S. The van der Waals surface area contributed by atoms with Crippen LogP contribution in [0, 0.1) is 6.92 Å². The molecule has 23 nitrogen and oxygen atoms in total. The summed E-state index contributed by atoms with van der Waals surface area (Å²) in [6, 6.07) is 19.7. The molecule has 0 saturated heterocycles. The molecule has 0 aliphatic carbocycles. The molecule has 0 radical (unpaired) electrons. The summed E-state index contributed by atoms with van der Waals surface area (Å²) >= 11 is 28.2. The lowest BCUT2D eigenvalue weighted by Crippen LogP contribution is -2.48. The minimum absolute atomic E-state index is 0.0468. The number of thiazole rings is 1. The molecule has 6 amide bonds. The zero-order valence-corrected chi connectivity index (χ0v) is 49.7. The van der Waals surface area contributed by atoms with Crippen LogP contribution in [0.15, 0.2) is 122 Å². The summed E-state index contributed by atoms with van der Waals surface area (Å²) in [5.41, 5.74) is 11.1. The molecule has 2 aliphatic heterocycles. The summed E-state index contributed by atoms with van der Waals surface area (Å²) < 4.78 is 21.7. The number of ether oxygens (including phenoxy) is 4. The van der Waals surface area contributed by atoms with Crippen LogP contribution in [0.1, 0.15) is 27.4 Å². The van der Waals surface area contributed by atoms with E-state index in [2.05, 4.69) is 54.4 Å². The number of hydrogen-bond acceptors (Lipinski definition) is 18. The Balaban J connectivity index is 0.000000204. The maximum atomic E-state index is 14.2. The summed E-state index contributed by atoms with van der Waals surface area (Å²) in [6.07, 6.45) is 7.12. The molecule has 0 spiro atoms. The third-order valence-electron chi connectivity index (χ3n) is 12.8. The molecule has 4 aromatic heterocycles. The lowest BCUT2D eigenvalue weighted by atomic mass is 10.1. The highest BCUT2D eigenvalue weighted by Crippen LogP contribution is 2.50. The van der Waals surface area contributed by atoms with Crippen molar-refractivity contribution in [3.63, 3.8) is 0 Å². The summed E-state index contributed by atoms with van der Waals surface area (Å²) in [7, 11) is 5.84. The van der Waals surface area contributed by atoms with Crippen LogP contribution in [0.3, 0.4) is 0 Å². The highest BCUT2D eigenvalue weighted by molar-refractivity contribution is 7.09. The molecule has 0 unspecified atom stereocenters. The van der Waals surface area contributed by atoms with Crippen LogP contribution >= 0.6 is 57.7 Å². The van der Waals surface area contributed by atoms with Gasteiger partial charge in [0.05, 0.1) is 99.4 Å². The summed E-state index contributed by atoms with van der Waals surface area (Å²) in [6.45, 7) is 9.22. The second kappa shape index (κ2) is 26.4. The average Bonchev–Trinajstić information content (AvgIpc) is 4.03. The van der Waals surface area contributed by atoms with E-state index in [0.717, 1.165) is 5.01 Å². The smallest absolute Gasteiger partial charge is 0.330 e. The predicted molar refractivity (Wildman–Crippen MR) is 331 cm³/mol. The van der Waals surface area contributed by atoms with E-state index in [9.17, 15) is 19.2 Å². The first-order chi connectivity index (χ1) is 41.0. The summed E-state index contributed by atoms with van der Waals surface area (Å²) in [5, 5.41) is 15.1. The fourth-order valence-corrected chi connectivity index (χ4v) is 10.9. The fourth-order valence-electron chi connectivity index (χ4n) is 8.84. The van der Waals surface area contributed by atoms with Gasteiger partial charge in [-0.25, -0.2) is 29.5 Å². The number of rotatable bonds is 18. The van der Waals surface area contributed by atoms with Crippen molar-refractivity contribution in [2.45, 2.75) is 33.1 Å². The molecule has 0 saturated carbocycles. The van der Waals surface area contributed by atoms with Gasteiger partial charge in [0.2, 0.25) is 23.7 Å². The molecule has 6 heterocycles. The number of nitrogens with zero attached hydrogens (tertiary/aromatic N) is 10. The van der Waals surface area contributed by atoms with Gasteiger partial charge in [-0.2, -0.15) is 9.97 Å². The Morgan fingerprint density at radius 1 is 0.624 bits per heavy atom. The minimum atomic E-state index is -0.467. The number of benzene rings is 4. The third kappa shape index (κ3) is 13.0. The fraction of sp³-hybridized carbons (Fsp3) is 0.158. The molecule has 8 aromatic rings. The lowest BCUT2D eigenvalue weighted by molar-refractivity contribution is -0.112. The Morgan fingerprint density at radius 3 is 1.44 bits per heavy atom. The normalized spacial score (nSPS) is 12.5. The van der Waals surface area contributed by atoms with Gasteiger partial charge >= 0.3 is 12.1 Å². The number of nitrogen functional groups attached to an aromatic ring is 1. The number of methoxy groups -OCH3 is 4. The number of carbonyl (C=O) groups is 4. The lowest BCUT2D eigenvalue weighted by Gasteiger charge is -2.37. The van der Waals surface area contributed by atoms with Gasteiger partial charge in [-0.3, -0.25) is 29.2 Å².